The molecule has 0 aliphatic rings. The molecule has 0 spiro atoms. The summed E-state index contributed by atoms with van der Waals surface area (Å²) < 4.78 is 5.18. The maximum absolute atomic E-state index is 12.1. The standard InChI is InChI=1S/C16H15Cl2NO2/c1-9(2)21-16(20)14-8-12(18)7-13(15(14)19)10-4-3-5-11(17)6-10/h3-9H,19H2,1-2H3. The van der Waals surface area contributed by atoms with Crippen LogP contribution in [0.25, 0.3) is 11.1 Å². The molecule has 0 radical (unpaired) electrons. The number of nitrogen functional groups attached to an aromatic ring is 1. The highest BCUT2D eigenvalue weighted by Gasteiger charge is 2.17. The molecule has 0 unspecified atom stereocenters. The van der Waals surface area contributed by atoms with Gasteiger partial charge in [-0.05, 0) is 43.7 Å². The Balaban J connectivity index is 2.54. The molecule has 2 N–H and O–H groups in total. The van der Waals surface area contributed by atoms with E-state index in [0.717, 1.165) is 5.56 Å². The Hall–Kier alpha value is -1.71. The Labute approximate surface area is 133 Å². The van der Waals surface area contributed by atoms with Crippen LogP contribution in [0.2, 0.25) is 10.0 Å². The molecule has 2 aromatic rings. The number of rotatable bonds is 3. The molecule has 2 aromatic carbocycles. The van der Waals surface area contributed by atoms with Crippen LogP contribution < -0.4 is 5.73 Å². The highest BCUT2D eigenvalue weighted by Crippen LogP contribution is 2.33. The molecule has 0 heterocycles. The van der Waals surface area contributed by atoms with Crippen molar-refractivity contribution in [1.82, 2.24) is 0 Å². The summed E-state index contributed by atoms with van der Waals surface area (Å²) in [5, 5.41) is 0.994. The summed E-state index contributed by atoms with van der Waals surface area (Å²) in [6.07, 6.45) is -0.231. The average Bonchev–Trinajstić information content (AvgIpc) is 2.40. The third-order valence-corrected chi connectivity index (χ3v) is 3.30. The number of carbonyl (C=O) groups excluding carboxylic acids is 1. The molecule has 0 fully saturated rings. The minimum atomic E-state index is -0.492. The molecule has 0 bridgehead atoms. The van der Waals surface area contributed by atoms with E-state index in [1.165, 1.54) is 6.07 Å². The number of anilines is 1. The van der Waals surface area contributed by atoms with Gasteiger partial charge in [0.2, 0.25) is 0 Å². The Morgan fingerprint density at radius 1 is 1.14 bits per heavy atom. The first-order valence-electron chi connectivity index (χ1n) is 6.44. The van der Waals surface area contributed by atoms with E-state index in [9.17, 15) is 4.79 Å². The van der Waals surface area contributed by atoms with Gasteiger partial charge in [-0.1, -0.05) is 35.3 Å². The summed E-state index contributed by atoms with van der Waals surface area (Å²) in [6, 6.07) is 10.4. The Morgan fingerprint density at radius 2 is 1.86 bits per heavy atom. The minimum Gasteiger partial charge on any atom is -0.459 e. The molecule has 0 atom stereocenters. The highest BCUT2D eigenvalue weighted by atomic mass is 35.5. The first kappa shape index (κ1) is 15.7. The second-order valence-electron chi connectivity index (χ2n) is 4.88. The molecule has 2 rings (SSSR count). The molecule has 0 aromatic heterocycles. The Morgan fingerprint density at radius 3 is 2.48 bits per heavy atom. The van der Waals surface area contributed by atoms with Gasteiger partial charge < -0.3 is 10.5 Å². The number of halogens is 2. The Bertz CT molecular complexity index is 684. The molecule has 0 amide bonds. The number of ether oxygens (including phenoxy) is 1. The molecule has 0 saturated heterocycles. The first-order valence-corrected chi connectivity index (χ1v) is 7.20. The largest absolute Gasteiger partial charge is 0.459 e. The maximum Gasteiger partial charge on any atom is 0.340 e. The van der Waals surface area contributed by atoms with Crippen molar-refractivity contribution in [2.75, 3.05) is 5.73 Å². The molecule has 21 heavy (non-hydrogen) atoms. The number of carbonyl (C=O) groups is 1. The molecule has 0 aliphatic heterocycles. The van der Waals surface area contributed by atoms with Crippen molar-refractivity contribution in [3.63, 3.8) is 0 Å². The summed E-state index contributed by atoms with van der Waals surface area (Å²) in [6.45, 7) is 3.55. The molecule has 110 valence electrons. The lowest BCUT2D eigenvalue weighted by molar-refractivity contribution is 0.0379. The van der Waals surface area contributed by atoms with Gasteiger partial charge in [0.05, 0.1) is 17.4 Å². The summed E-state index contributed by atoms with van der Waals surface area (Å²) >= 11 is 12.1. The lowest BCUT2D eigenvalue weighted by atomic mass is 10.0. The van der Waals surface area contributed by atoms with Crippen LogP contribution in [0.15, 0.2) is 36.4 Å². The number of benzene rings is 2. The molecular formula is C16H15Cl2NO2. The lowest BCUT2D eigenvalue weighted by Crippen LogP contribution is -2.14. The van der Waals surface area contributed by atoms with E-state index in [0.29, 0.717) is 21.3 Å². The van der Waals surface area contributed by atoms with Crippen LogP contribution in [0.1, 0.15) is 24.2 Å². The third kappa shape index (κ3) is 3.69. The van der Waals surface area contributed by atoms with Crippen LogP contribution >= 0.6 is 23.2 Å². The van der Waals surface area contributed by atoms with Gasteiger partial charge in [-0.25, -0.2) is 4.79 Å². The predicted octanol–water partition coefficient (Wildman–Crippen LogP) is 4.81. The molecule has 0 aliphatic carbocycles. The second kappa shape index (κ2) is 6.37. The van der Waals surface area contributed by atoms with Gasteiger partial charge >= 0.3 is 5.97 Å². The summed E-state index contributed by atoms with van der Waals surface area (Å²) in [7, 11) is 0. The zero-order chi connectivity index (χ0) is 15.6. The zero-order valence-corrected chi connectivity index (χ0v) is 13.2. The molecule has 5 heteroatoms. The third-order valence-electron chi connectivity index (χ3n) is 2.84. The summed E-state index contributed by atoms with van der Waals surface area (Å²) in [5.74, 6) is -0.492. The van der Waals surface area contributed by atoms with Gasteiger partial charge in [0, 0.05) is 15.6 Å². The van der Waals surface area contributed by atoms with Crippen LogP contribution in [0.3, 0.4) is 0 Å². The first-order chi connectivity index (χ1) is 9.88. The number of nitrogens with two attached hydrogens (primary N) is 1. The van der Waals surface area contributed by atoms with Crippen LogP contribution in [-0.4, -0.2) is 12.1 Å². The summed E-state index contributed by atoms with van der Waals surface area (Å²) in [4.78, 5) is 12.1. The predicted molar refractivity (Wildman–Crippen MR) is 86.9 cm³/mol. The van der Waals surface area contributed by atoms with E-state index in [1.807, 2.05) is 12.1 Å². The van der Waals surface area contributed by atoms with Crippen LogP contribution in [0, 0.1) is 0 Å². The van der Waals surface area contributed by atoms with Gasteiger partial charge in [-0.15, -0.1) is 0 Å². The minimum absolute atomic E-state index is 0.231. The topological polar surface area (TPSA) is 52.3 Å². The normalized spacial score (nSPS) is 10.7. The molecule has 3 nitrogen and oxygen atoms in total. The highest BCUT2D eigenvalue weighted by molar-refractivity contribution is 6.32. The number of esters is 1. The van der Waals surface area contributed by atoms with E-state index in [-0.39, 0.29) is 11.7 Å². The van der Waals surface area contributed by atoms with E-state index in [1.54, 1.807) is 32.0 Å². The Kier molecular flexibility index (Phi) is 4.76. The second-order valence-corrected chi connectivity index (χ2v) is 5.75. The lowest BCUT2D eigenvalue weighted by Gasteiger charge is -2.14. The fourth-order valence-electron chi connectivity index (χ4n) is 1.96. The van der Waals surface area contributed by atoms with Crippen molar-refractivity contribution in [2.45, 2.75) is 20.0 Å². The number of hydrogen-bond donors (Lipinski definition) is 1. The fraction of sp³-hybridized carbons (Fsp3) is 0.188. The van der Waals surface area contributed by atoms with E-state index < -0.39 is 5.97 Å². The van der Waals surface area contributed by atoms with Gasteiger partial charge in [-0.3, -0.25) is 0 Å². The fourth-order valence-corrected chi connectivity index (χ4v) is 2.37. The van der Waals surface area contributed by atoms with Gasteiger partial charge in [-0.2, -0.15) is 0 Å². The van der Waals surface area contributed by atoms with Crippen LogP contribution in [-0.2, 0) is 4.74 Å². The van der Waals surface area contributed by atoms with Gasteiger partial charge in [0.25, 0.3) is 0 Å². The van der Waals surface area contributed by atoms with E-state index >= 15 is 0 Å². The molecular weight excluding hydrogens is 309 g/mol. The van der Waals surface area contributed by atoms with E-state index in [4.69, 9.17) is 33.7 Å². The van der Waals surface area contributed by atoms with Gasteiger partial charge in [0.15, 0.2) is 0 Å². The smallest absolute Gasteiger partial charge is 0.340 e. The van der Waals surface area contributed by atoms with Crippen molar-refractivity contribution < 1.29 is 9.53 Å². The monoisotopic (exact) mass is 323 g/mol. The van der Waals surface area contributed by atoms with Crippen molar-refractivity contribution in [1.29, 1.82) is 0 Å². The number of hydrogen-bond acceptors (Lipinski definition) is 3. The van der Waals surface area contributed by atoms with Crippen molar-refractivity contribution in [2.24, 2.45) is 0 Å². The summed E-state index contributed by atoms with van der Waals surface area (Å²) in [5.41, 5.74) is 8.14. The van der Waals surface area contributed by atoms with Crippen LogP contribution in [0.5, 0.6) is 0 Å². The maximum atomic E-state index is 12.1. The van der Waals surface area contributed by atoms with Gasteiger partial charge in [0.1, 0.15) is 0 Å². The van der Waals surface area contributed by atoms with E-state index in [2.05, 4.69) is 0 Å². The molecule has 0 saturated carbocycles. The SMILES string of the molecule is CC(C)OC(=O)c1cc(Cl)cc(-c2cccc(Cl)c2)c1N. The average molecular weight is 324 g/mol. The zero-order valence-electron chi connectivity index (χ0n) is 11.7. The quantitative estimate of drug-likeness (QED) is 0.651. The van der Waals surface area contributed by atoms with Crippen molar-refractivity contribution in [3.8, 4) is 11.1 Å². The van der Waals surface area contributed by atoms with Crippen LogP contribution in [0.4, 0.5) is 5.69 Å². The van der Waals surface area contributed by atoms with Crippen molar-refractivity contribution in [3.05, 3.63) is 52.0 Å². The van der Waals surface area contributed by atoms with Crippen molar-refractivity contribution >= 4 is 34.9 Å².